The van der Waals surface area contributed by atoms with Gasteiger partial charge in [-0.1, -0.05) is 6.07 Å². The maximum Gasteiger partial charge on any atom is 0.161 e. The van der Waals surface area contributed by atoms with E-state index in [9.17, 15) is 5.11 Å². The number of ether oxygens (including phenoxy) is 1. The van der Waals surface area contributed by atoms with Crippen LogP contribution in [0.3, 0.4) is 0 Å². The highest BCUT2D eigenvalue weighted by molar-refractivity contribution is 5.48. The van der Waals surface area contributed by atoms with Crippen molar-refractivity contribution in [2.75, 3.05) is 7.11 Å². The summed E-state index contributed by atoms with van der Waals surface area (Å²) in [6.45, 7) is 3.78. The van der Waals surface area contributed by atoms with E-state index in [1.165, 1.54) is 0 Å². The van der Waals surface area contributed by atoms with Crippen LogP contribution in [0.25, 0.3) is 0 Å². The zero-order valence-corrected chi connectivity index (χ0v) is 10.3. The fraction of sp³-hybridized carbons (Fsp3) is 0.286. The van der Waals surface area contributed by atoms with Crippen LogP contribution in [0, 0.1) is 13.8 Å². The fourth-order valence-electron chi connectivity index (χ4n) is 1.86. The minimum atomic E-state index is 0.201. The second kappa shape index (κ2) is 4.53. The summed E-state index contributed by atoms with van der Waals surface area (Å²) in [6.07, 6.45) is 0.700. The monoisotopic (exact) mass is 232 g/mol. The number of aromatic hydroxyl groups is 1. The Kier molecular flexibility index (Phi) is 3.09. The molecule has 0 bridgehead atoms. The molecule has 0 saturated heterocycles. The van der Waals surface area contributed by atoms with Gasteiger partial charge in [0.2, 0.25) is 0 Å². The summed E-state index contributed by atoms with van der Waals surface area (Å²) in [5.41, 5.74) is 1.87. The van der Waals surface area contributed by atoms with Crippen LogP contribution >= 0.6 is 0 Å². The second-order valence-corrected chi connectivity index (χ2v) is 4.15. The third kappa shape index (κ3) is 2.44. The third-order valence-electron chi connectivity index (χ3n) is 2.72. The van der Waals surface area contributed by atoms with Crippen LogP contribution in [-0.4, -0.2) is 12.2 Å². The SMILES string of the molecule is COc1cc(Cc2ccc(C)o2)cc(C)c1O. The number of methoxy groups -OCH3 is 1. The van der Waals surface area contributed by atoms with Gasteiger partial charge in [0.15, 0.2) is 11.5 Å². The highest BCUT2D eigenvalue weighted by Gasteiger charge is 2.09. The lowest BCUT2D eigenvalue weighted by Gasteiger charge is -2.08. The highest BCUT2D eigenvalue weighted by atomic mass is 16.5. The summed E-state index contributed by atoms with van der Waals surface area (Å²) >= 11 is 0. The lowest BCUT2D eigenvalue weighted by Crippen LogP contribution is -1.92. The van der Waals surface area contributed by atoms with Gasteiger partial charge in [-0.25, -0.2) is 0 Å². The Morgan fingerprint density at radius 3 is 2.59 bits per heavy atom. The van der Waals surface area contributed by atoms with E-state index in [2.05, 4.69) is 0 Å². The molecule has 1 N–H and O–H groups in total. The molecule has 0 atom stereocenters. The molecule has 0 unspecified atom stereocenters. The van der Waals surface area contributed by atoms with Crippen LogP contribution < -0.4 is 4.74 Å². The first-order valence-electron chi connectivity index (χ1n) is 5.52. The largest absolute Gasteiger partial charge is 0.504 e. The van der Waals surface area contributed by atoms with Crippen molar-refractivity contribution in [1.29, 1.82) is 0 Å². The van der Waals surface area contributed by atoms with E-state index in [0.29, 0.717) is 12.2 Å². The third-order valence-corrected chi connectivity index (χ3v) is 2.72. The van der Waals surface area contributed by atoms with E-state index >= 15 is 0 Å². The van der Waals surface area contributed by atoms with E-state index in [4.69, 9.17) is 9.15 Å². The standard InChI is InChI=1S/C14H16O3/c1-9-6-11(8-13(16-3)14(9)15)7-12-5-4-10(2)17-12/h4-6,8,15H,7H2,1-3H3. The van der Waals surface area contributed by atoms with Crippen molar-refractivity contribution < 1.29 is 14.3 Å². The Balaban J connectivity index is 2.30. The fourth-order valence-corrected chi connectivity index (χ4v) is 1.86. The topological polar surface area (TPSA) is 42.6 Å². The first-order valence-corrected chi connectivity index (χ1v) is 5.52. The Morgan fingerprint density at radius 1 is 1.24 bits per heavy atom. The van der Waals surface area contributed by atoms with Gasteiger partial charge in [0.1, 0.15) is 11.5 Å². The molecule has 3 nitrogen and oxygen atoms in total. The van der Waals surface area contributed by atoms with Crippen molar-refractivity contribution in [3.63, 3.8) is 0 Å². The molecule has 0 radical (unpaired) electrons. The minimum absolute atomic E-state index is 0.201. The number of phenolic OH excluding ortho intramolecular Hbond substituents is 1. The molecule has 0 fully saturated rings. The molecule has 0 aliphatic carbocycles. The van der Waals surface area contributed by atoms with Crippen LogP contribution in [0.2, 0.25) is 0 Å². The molecule has 0 amide bonds. The van der Waals surface area contributed by atoms with Crippen molar-refractivity contribution in [3.05, 3.63) is 46.9 Å². The summed E-state index contributed by atoms with van der Waals surface area (Å²) in [6, 6.07) is 7.68. The van der Waals surface area contributed by atoms with E-state index in [0.717, 1.165) is 22.6 Å². The predicted octanol–water partition coefficient (Wildman–Crippen LogP) is 3.20. The molecule has 2 rings (SSSR count). The van der Waals surface area contributed by atoms with Gasteiger partial charge in [-0.3, -0.25) is 0 Å². The normalized spacial score (nSPS) is 10.5. The average molecular weight is 232 g/mol. The van der Waals surface area contributed by atoms with Gasteiger partial charge < -0.3 is 14.3 Å². The lowest BCUT2D eigenvalue weighted by atomic mass is 10.1. The van der Waals surface area contributed by atoms with Crippen molar-refractivity contribution >= 4 is 0 Å². The van der Waals surface area contributed by atoms with Crippen molar-refractivity contribution in [1.82, 2.24) is 0 Å². The minimum Gasteiger partial charge on any atom is -0.504 e. The summed E-state index contributed by atoms with van der Waals surface area (Å²) in [5.74, 6) is 2.52. The van der Waals surface area contributed by atoms with Gasteiger partial charge in [0.05, 0.1) is 7.11 Å². The molecular weight excluding hydrogens is 216 g/mol. The van der Waals surface area contributed by atoms with Gasteiger partial charge in [-0.2, -0.15) is 0 Å². The number of rotatable bonds is 3. The molecule has 90 valence electrons. The first-order chi connectivity index (χ1) is 8.10. The van der Waals surface area contributed by atoms with E-state index < -0.39 is 0 Å². The molecular formula is C14H16O3. The summed E-state index contributed by atoms with van der Waals surface area (Å²) in [7, 11) is 1.55. The van der Waals surface area contributed by atoms with Crippen molar-refractivity contribution in [3.8, 4) is 11.5 Å². The molecule has 0 aliphatic rings. The number of benzene rings is 1. The Hall–Kier alpha value is -1.90. The molecule has 1 heterocycles. The number of aryl methyl sites for hydroxylation is 2. The Morgan fingerprint density at radius 2 is 2.00 bits per heavy atom. The quantitative estimate of drug-likeness (QED) is 0.883. The zero-order chi connectivity index (χ0) is 12.4. The Labute approximate surface area is 101 Å². The molecule has 0 aliphatic heterocycles. The number of hydrogen-bond acceptors (Lipinski definition) is 3. The maximum atomic E-state index is 9.74. The van der Waals surface area contributed by atoms with Gasteiger partial charge in [-0.15, -0.1) is 0 Å². The van der Waals surface area contributed by atoms with Crippen LogP contribution in [0.4, 0.5) is 0 Å². The average Bonchev–Trinajstić information content (AvgIpc) is 2.69. The summed E-state index contributed by atoms with van der Waals surface area (Å²) in [4.78, 5) is 0. The molecule has 2 aromatic rings. The molecule has 1 aromatic heterocycles. The van der Waals surface area contributed by atoms with Gasteiger partial charge in [0, 0.05) is 6.42 Å². The molecule has 17 heavy (non-hydrogen) atoms. The first kappa shape index (κ1) is 11.6. The van der Waals surface area contributed by atoms with Crippen LogP contribution in [-0.2, 0) is 6.42 Å². The van der Waals surface area contributed by atoms with Gasteiger partial charge >= 0.3 is 0 Å². The van der Waals surface area contributed by atoms with E-state index in [-0.39, 0.29) is 5.75 Å². The lowest BCUT2D eigenvalue weighted by molar-refractivity contribution is 0.371. The molecule has 3 heteroatoms. The number of phenols is 1. The maximum absolute atomic E-state index is 9.74. The van der Waals surface area contributed by atoms with Gasteiger partial charge in [-0.05, 0) is 43.2 Å². The Bertz CT molecular complexity index is 526. The predicted molar refractivity (Wildman–Crippen MR) is 65.6 cm³/mol. The molecule has 0 spiro atoms. The number of furan rings is 1. The van der Waals surface area contributed by atoms with Crippen molar-refractivity contribution in [2.24, 2.45) is 0 Å². The zero-order valence-electron chi connectivity index (χ0n) is 10.3. The summed E-state index contributed by atoms with van der Waals surface area (Å²) in [5, 5.41) is 9.74. The molecule has 1 aromatic carbocycles. The van der Waals surface area contributed by atoms with Crippen LogP contribution in [0.1, 0.15) is 22.6 Å². The van der Waals surface area contributed by atoms with E-state index in [1.807, 2.05) is 38.1 Å². The summed E-state index contributed by atoms with van der Waals surface area (Å²) < 4.78 is 10.7. The van der Waals surface area contributed by atoms with Crippen molar-refractivity contribution in [2.45, 2.75) is 20.3 Å². The van der Waals surface area contributed by atoms with Crippen LogP contribution in [0.15, 0.2) is 28.7 Å². The van der Waals surface area contributed by atoms with Crippen LogP contribution in [0.5, 0.6) is 11.5 Å². The smallest absolute Gasteiger partial charge is 0.161 e. The second-order valence-electron chi connectivity index (χ2n) is 4.15. The number of hydrogen-bond donors (Lipinski definition) is 1. The highest BCUT2D eigenvalue weighted by Crippen LogP contribution is 2.31. The molecule has 0 saturated carbocycles. The van der Waals surface area contributed by atoms with Gasteiger partial charge in [0.25, 0.3) is 0 Å². The van der Waals surface area contributed by atoms with E-state index in [1.54, 1.807) is 7.11 Å².